The number of nitrogens with one attached hydrogen (secondary N) is 1. The molecule has 2 aliphatic rings. The van der Waals surface area contributed by atoms with E-state index in [1.807, 2.05) is 4.90 Å². The normalized spacial score (nSPS) is 27.7. The molecular weight excluding hydrogens is 204 g/mol. The third-order valence-corrected chi connectivity index (χ3v) is 3.52. The molecule has 0 aliphatic carbocycles. The van der Waals surface area contributed by atoms with E-state index >= 15 is 0 Å². The van der Waals surface area contributed by atoms with Crippen LogP contribution in [0.3, 0.4) is 0 Å². The standard InChI is InChI=1S/C11H22N4O/c12-8-10-7-11(16)15(9-10)6-5-14-3-1-13-2-4-14/h10,13H,1-9,12H2. The number of carbonyl (C=O) groups is 1. The summed E-state index contributed by atoms with van der Waals surface area (Å²) in [5.41, 5.74) is 5.60. The van der Waals surface area contributed by atoms with Crippen LogP contribution in [-0.2, 0) is 4.79 Å². The second-order valence-corrected chi connectivity index (χ2v) is 4.74. The zero-order valence-electron chi connectivity index (χ0n) is 9.82. The molecule has 2 rings (SSSR count). The Balaban J connectivity index is 1.71. The van der Waals surface area contributed by atoms with Crippen molar-refractivity contribution in [3.8, 4) is 0 Å². The predicted octanol–water partition coefficient (Wildman–Crippen LogP) is -1.30. The van der Waals surface area contributed by atoms with Crippen LogP contribution in [0.4, 0.5) is 0 Å². The topological polar surface area (TPSA) is 61.6 Å². The largest absolute Gasteiger partial charge is 0.341 e. The van der Waals surface area contributed by atoms with Crippen molar-refractivity contribution in [2.45, 2.75) is 6.42 Å². The zero-order valence-corrected chi connectivity index (χ0v) is 9.82. The molecule has 0 spiro atoms. The zero-order chi connectivity index (χ0) is 11.4. The summed E-state index contributed by atoms with van der Waals surface area (Å²) in [6.45, 7) is 7.71. The highest BCUT2D eigenvalue weighted by Crippen LogP contribution is 2.15. The molecule has 2 aliphatic heterocycles. The molecule has 0 aromatic rings. The average molecular weight is 226 g/mol. The fraction of sp³-hybridized carbons (Fsp3) is 0.909. The first-order chi connectivity index (χ1) is 7.79. The second kappa shape index (κ2) is 5.61. The summed E-state index contributed by atoms with van der Waals surface area (Å²) in [6, 6.07) is 0. The lowest BCUT2D eigenvalue weighted by Gasteiger charge is -2.29. The van der Waals surface area contributed by atoms with Crippen molar-refractivity contribution in [2.75, 3.05) is 52.4 Å². The van der Waals surface area contributed by atoms with Crippen molar-refractivity contribution in [3.05, 3.63) is 0 Å². The first-order valence-corrected chi connectivity index (χ1v) is 6.20. The smallest absolute Gasteiger partial charge is 0.223 e. The Bertz CT molecular complexity index is 240. The van der Waals surface area contributed by atoms with Gasteiger partial charge in [0.05, 0.1) is 0 Å². The minimum absolute atomic E-state index is 0.283. The summed E-state index contributed by atoms with van der Waals surface area (Å²) < 4.78 is 0. The van der Waals surface area contributed by atoms with Crippen LogP contribution in [0.15, 0.2) is 0 Å². The second-order valence-electron chi connectivity index (χ2n) is 4.74. The number of hydrogen-bond acceptors (Lipinski definition) is 4. The number of nitrogens with two attached hydrogens (primary N) is 1. The lowest BCUT2D eigenvalue weighted by Crippen LogP contribution is -2.46. The van der Waals surface area contributed by atoms with Crippen molar-refractivity contribution in [1.29, 1.82) is 0 Å². The Morgan fingerprint density at radius 2 is 2.06 bits per heavy atom. The third kappa shape index (κ3) is 2.93. The van der Waals surface area contributed by atoms with Crippen molar-refractivity contribution < 1.29 is 4.79 Å². The van der Waals surface area contributed by atoms with E-state index in [1.54, 1.807) is 0 Å². The van der Waals surface area contributed by atoms with E-state index in [2.05, 4.69) is 10.2 Å². The Morgan fingerprint density at radius 3 is 2.69 bits per heavy atom. The van der Waals surface area contributed by atoms with E-state index in [0.29, 0.717) is 18.9 Å². The fourth-order valence-corrected chi connectivity index (χ4v) is 2.42. The van der Waals surface area contributed by atoms with Gasteiger partial charge in [0.2, 0.25) is 5.91 Å². The molecule has 1 unspecified atom stereocenters. The van der Waals surface area contributed by atoms with E-state index in [0.717, 1.165) is 45.8 Å². The number of likely N-dealkylation sites (tertiary alicyclic amines) is 1. The lowest BCUT2D eigenvalue weighted by molar-refractivity contribution is -0.127. The molecule has 92 valence electrons. The van der Waals surface area contributed by atoms with Gasteiger partial charge < -0.3 is 16.0 Å². The number of carbonyl (C=O) groups excluding carboxylic acids is 1. The van der Waals surface area contributed by atoms with Crippen molar-refractivity contribution in [2.24, 2.45) is 11.7 Å². The first kappa shape index (κ1) is 11.8. The molecule has 16 heavy (non-hydrogen) atoms. The maximum atomic E-state index is 11.7. The molecule has 2 saturated heterocycles. The highest BCUT2D eigenvalue weighted by atomic mass is 16.2. The molecule has 5 nitrogen and oxygen atoms in total. The van der Waals surface area contributed by atoms with Crippen LogP contribution >= 0.6 is 0 Å². The maximum absolute atomic E-state index is 11.7. The van der Waals surface area contributed by atoms with Gasteiger partial charge in [-0.2, -0.15) is 0 Å². The Hall–Kier alpha value is -0.650. The summed E-state index contributed by atoms with van der Waals surface area (Å²) in [5, 5.41) is 3.33. The number of piperazine rings is 1. The molecule has 2 heterocycles. The van der Waals surface area contributed by atoms with Gasteiger partial charge in [-0.3, -0.25) is 9.69 Å². The summed E-state index contributed by atoms with van der Waals surface area (Å²) in [7, 11) is 0. The van der Waals surface area contributed by atoms with Crippen LogP contribution in [-0.4, -0.2) is 68.1 Å². The van der Waals surface area contributed by atoms with E-state index in [-0.39, 0.29) is 5.91 Å². The Morgan fingerprint density at radius 1 is 1.31 bits per heavy atom. The number of hydrogen-bond donors (Lipinski definition) is 2. The minimum atomic E-state index is 0.283. The number of rotatable bonds is 4. The quantitative estimate of drug-likeness (QED) is 0.625. The third-order valence-electron chi connectivity index (χ3n) is 3.52. The highest BCUT2D eigenvalue weighted by molar-refractivity contribution is 5.78. The predicted molar refractivity (Wildman–Crippen MR) is 63.1 cm³/mol. The molecule has 0 radical (unpaired) electrons. The molecular formula is C11H22N4O. The Labute approximate surface area is 96.9 Å². The molecule has 0 saturated carbocycles. The summed E-state index contributed by atoms with van der Waals surface area (Å²) in [5.74, 6) is 0.668. The molecule has 2 fully saturated rings. The molecule has 1 amide bonds. The summed E-state index contributed by atoms with van der Waals surface area (Å²) >= 11 is 0. The monoisotopic (exact) mass is 226 g/mol. The van der Waals surface area contributed by atoms with Gasteiger partial charge in [-0.15, -0.1) is 0 Å². The van der Waals surface area contributed by atoms with Gasteiger partial charge in [0.1, 0.15) is 0 Å². The highest BCUT2D eigenvalue weighted by Gasteiger charge is 2.28. The number of nitrogens with zero attached hydrogens (tertiary/aromatic N) is 2. The van der Waals surface area contributed by atoms with E-state index in [1.165, 1.54) is 0 Å². The SMILES string of the molecule is NCC1CC(=O)N(CCN2CCNCC2)C1. The van der Waals surface area contributed by atoms with Crippen LogP contribution in [0, 0.1) is 5.92 Å². The van der Waals surface area contributed by atoms with Crippen LogP contribution in [0.25, 0.3) is 0 Å². The van der Waals surface area contributed by atoms with Gasteiger partial charge in [-0.05, 0) is 12.5 Å². The van der Waals surface area contributed by atoms with Gasteiger partial charge in [0, 0.05) is 52.2 Å². The van der Waals surface area contributed by atoms with E-state index in [4.69, 9.17) is 5.73 Å². The molecule has 0 aromatic heterocycles. The van der Waals surface area contributed by atoms with Crippen LogP contribution in [0.5, 0.6) is 0 Å². The van der Waals surface area contributed by atoms with Gasteiger partial charge in [0.25, 0.3) is 0 Å². The minimum Gasteiger partial charge on any atom is -0.341 e. The van der Waals surface area contributed by atoms with Gasteiger partial charge in [0.15, 0.2) is 0 Å². The van der Waals surface area contributed by atoms with Gasteiger partial charge in [-0.1, -0.05) is 0 Å². The van der Waals surface area contributed by atoms with E-state index < -0.39 is 0 Å². The molecule has 3 N–H and O–H groups in total. The summed E-state index contributed by atoms with van der Waals surface area (Å²) in [4.78, 5) is 16.0. The summed E-state index contributed by atoms with van der Waals surface area (Å²) in [6.07, 6.45) is 0.651. The van der Waals surface area contributed by atoms with Crippen LogP contribution < -0.4 is 11.1 Å². The average Bonchev–Trinajstić information content (AvgIpc) is 2.69. The first-order valence-electron chi connectivity index (χ1n) is 6.20. The lowest BCUT2D eigenvalue weighted by atomic mass is 10.1. The van der Waals surface area contributed by atoms with E-state index in [9.17, 15) is 4.79 Å². The molecule has 1 atom stereocenters. The van der Waals surface area contributed by atoms with Crippen molar-refractivity contribution in [1.82, 2.24) is 15.1 Å². The fourth-order valence-electron chi connectivity index (χ4n) is 2.42. The molecule has 5 heteroatoms. The van der Waals surface area contributed by atoms with Crippen molar-refractivity contribution in [3.63, 3.8) is 0 Å². The van der Waals surface area contributed by atoms with Crippen LogP contribution in [0.1, 0.15) is 6.42 Å². The molecule has 0 bridgehead atoms. The Kier molecular flexibility index (Phi) is 4.15. The molecule has 0 aromatic carbocycles. The number of amides is 1. The van der Waals surface area contributed by atoms with Crippen molar-refractivity contribution >= 4 is 5.91 Å². The van der Waals surface area contributed by atoms with Gasteiger partial charge >= 0.3 is 0 Å². The van der Waals surface area contributed by atoms with Gasteiger partial charge in [-0.25, -0.2) is 0 Å². The van der Waals surface area contributed by atoms with Crippen LogP contribution in [0.2, 0.25) is 0 Å². The maximum Gasteiger partial charge on any atom is 0.223 e.